The summed E-state index contributed by atoms with van der Waals surface area (Å²) in [6.45, 7) is 6.89. The zero-order chi connectivity index (χ0) is 15.7. The van der Waals surface area contributed by atoms with Crippen molar-refractivity contribution >= 4 is 23.2 Å². The summed E-state index contributed by atoms with van der Waals surface area (Å²) >= 11 is 12.3. The van der Waals surface area contributed by atoms with Crippen LogP contribution in [0.3, 0.4) is 0 Å². The quantitative estimate of drug-likeness (QED) is 0.628. The van der Waals surface area contributed by atoms with E-state index < -0.39 is 0 Å². The van der Waals surface area contributed by atoms with Gasteiger partial charge in [-0.3, -0.25) is 0 Å². The summed E-state index contributed by atoms with van der Waals surface area (Å²) in [5, 5.41) is 11.1. The summed E-state index contributed by atoms with van der Waals surface area (Å²) in [5.74, 6) is 0.703. The van der Waals surface area contributed by atoms with Gasteiger partial charge in [0.05, 0.1) is 11.5 Å². The molecule has 1 saturated carbocycles. The van der Waals surface area contributed by atoms with E-state index >= 15 is 0 Å². The molecule has 21 heavy (non-hydrogen) atoms. The van der Waals surface area contributed by atoms with Crippen LogP contribution in [0.25, 0.3) is 0 Å². The van der Waals surface area contributed by atoms with Gasteiger partial charge in [-0.2, -0.15) is 5.26 Å². The number of benzene rings is 1. The van der Waals surface area contributed by atoms with E-state index in [0.29, 0.717) is 27.8 Å². The molecule has 0 spiro atoms. The van der Waals surface area contributed by atoms with Gasteiger partial charge in [0.15, 0.2) is 0 Å². The highest BCUT2D eigenvalue weighted by Crippen LogP contribution is 2.47. The molecule has 1 nitrogen and oxygen atoms in total. The van der Waals surface area contributed by atoms with Crippen LogP contribution in [-0.4, -0.2) is 0 Å². The Labute approximate surface area is 138 Å². The number of hydrogen-bond donors (Lipinski definition) is 0. The fourth-order valence-electron chi connectivity index (χ4n) is 3.41. The Bertz CT molecular complexity index is 543. The van der Waals surface area contributed by atoms with Crippen LogP contribution in [0.4, 0.5) is 0 Å². The fourth-order valence-corrected chi connectivity index (χ4v) is 3.79. The van der Waals surface area contributed by atoms with Crippen molar-refractivity contribution in [1.82, 2.24) is 0 Å². The van der Waals surface area contributed by atoms with Crippen LogP contribution in [0, 0.1) is 28.1 Å². The largest absolute Gasteiger partial charge is 0.198 e. The van der Waals surface area contributed by atoms with Crippen molar-refractivity contribution in [2.75, 3.05) is 0 Å². The molecule has 1 aromatic carbocycles. The molecule has 0 saturated heterocycles. The third kappa shape index (κ3) is 3.93. The van der Waals surface area contributed by atoms with Crippen molar-refractivity contribution < 1.29 is 0 Å². The van der Waals surface area contributed by atoms with Crippen LogP contribution < -0.4 is 0 Å². The second kappa shape index (κ2) is 6.19. The summed E-state index contributed by atoms with van der Waals surface area (Å²) in [5.41, 5.74) is 1.05. The predicted molar refractivity (Wildman–Crippen MR) is 89.6 cm³/mol. The lowest BCUT2D eigenvalue weighted by molar-refractivity contribution is 0.120. The lowest BCUT2D eigenvalue weighted by Crippen LogP contribution is -2.33. The van der Waals surface area contributed by atoms with E-state index in [9.17, 15) is 5.26 Å². The molecule has 0 heterocycles. The number of rotatable bonds is 2. The average molecular weight is 324 g/mol. The van der Waals surface area contributed by atoms with E-state index in [-0.39, 0.29) is 5.41 Å². The van der Waals surface area contributed by atoms with Crippen LogP contribution in [0.2, 0.25) is 10.0 Å². The Morgan fingerprint density at radius 1 is 1.24 bits per heavy atom. The molecule has 0 aliphatic heterocycles. The van der Waals surface area contributed by atoms with Crippen LogP contribution in [0.5, 0.6) is 0 Å². The molecule has 0 amide bonds. The van der Waals surface area contributed by atoms with Gasteiger partial charge in [-0.05, 0) is 67.2 Å². The normalized spacial score (nSPS) is 26.4. The van der Waals surface area contributed by atoms with Crippen LogP contribution in [-0.2, 0) is 6.42 Å². The van der Waals surface area contributed by atoms with E-state index in [1.165, 1.54) is 0 Å². The number of halogens is 2. The second-order valence-corrected chi connectivity index (χ2v) is 8.29. The zero-order valence-corrected chi connectivity index (χ0v) is 14.6. The molecule has 1 aliphatic rings. The molecule has 0 aromatic heterocycles. The van der Waals surface area contributed by atoms with Gasteiger partial charge in [-0.25, -0.2) is 0 Å². The lowest BCUT2D eigenvalue weighted by Gasteiger charge is -2.40. The minimum Gasteiger partial charge on any atom is -0.198 e. The van der Waals surface area contributed by atoms with Gasteiger partial charge in [0.1, 0.15) is 0 Å². The summed E-state index contributed by atoms with van der Waals surface area (Å²) in [6, 6.07) is 8.10. The Kier molecular flexibility index (Phi) is 4.91. The Balaban J connectivity index is 2.14. The van der Waals surface area contributed by atoms with E-state index in [2.05, 4.69) is 26.8 Å². The van der Waals surface area contributed by atoms with Gasteiger partial charge in [0.25, 0.3) is 0 Å². The Morgan fingerprint density at radius 2 is 1.86 bits per heavy atom. The first-order valence-corrected chi connectivity index (χ1v) is 8.36. The van der Waals surface area contributed by atoms with Gasteiger partial charge in [-0.15, -0.1) is 0 Å². The number of nitrogens with zero attached hydrogens (tertiary/aromatic N) is 1. The topological polar surface area (TPSA) is 23.8 Å². The SMILES string of the molecule is CC(C)(C)C1CCC(C#N)(Cc2cc(Cl)ccc2Cl)CC1. The standard InChI is InChI=1S/C18H23Cl2N/c1-17(2,3)14-6-8-18(12-21,9-7-14)11-13-10-15(19)4-5-16(13)20/h4-5,10,14H,6-9,11H2,1-3H3. The summed E-state index contributed by atoms with van der Waals surface area (Å²) < 4.78 is 0. The third-order valence-electron chi connectivity index (χ3n) is 4.94. The van der Waals surface area contributed by atoms with Crippen molar-refractivity contribution in [2.45, 2.75) is 52.9 Å². The van der Waals surface area contributed by atoms with Gasteiger partial charge in [0.2, 0.25) is 0 Å². The maximum Gasteiger partial charge on any atom is 0.0693 e. The Morgan fingerprint density at radius 3 is 2.38 bits per heavy atom. The first kappa shape index (κ1) is 16.7. The molecule has 0 unspecified atom stereocenters. The minimum absolute atomic E-state index is 0.282. The lowest BCUT2D eigenvalue weighted by atomic mass is 9.63. The molecule has 0 bridgehead atoms. The molecule has 2 rings (SSSR count). The van der Waals surface area contributed by atoms with Gasteiger partial charge in [-0.1, -0.05) is 44.0 Å². The van der Waals surface area contributed by atoms with Gasteiger partial charge < -0.3 is 0 Å². The van der Waals surface area contributed by atoms with Crippen LogP contribution in [0.15, 0.2) is 18.2 Å². The first-order chi connectivity index (χ1) is 9.76. The molecule has 3 heteroatoms. The van der Waals surface area contributed by atoms with Crippen LogP contribution in [0.1, 0.15) is 52.0 Å². The maximum atomic E-state index is 9.73. The summed E-state index contributed by atoms with van der Waals surface area (Å²) in [7, 11) is 0. The van der Waals surface area contributed by atoms with Crippen molar-refractivity contribution in [2.24, 2.45) is 16.7 Å². The second-order valence-electron chi connectivity index (χ2n) is 7.44. The molecule has 1 fully saturated rings. The van der Waals surface area contributed by atoms with Gasteiger partial charge >= 0.3 is 0 Å². The summed E-state index contributed by atoms with van der Waals surface area (Å²) in [6.07, 6.45) is 4.85. The molecule has 0 atom stereocenters. The molecule has 1 aromatic rings. The molecule has 0 N–H and O–H groups in total. The highest BCUT2D eigenvalue weighted by molar-refractivity contribution is 6.33. The van der Waals surface area contributed by atoms with Crippen molar-refractivity contribution in [1.29, 1.82) is 5.26 Å². The first-order valence-electron chi connectivity index (χ1n) is 7.61. The van der Waals surface area contributed by atoms with Crippen molar-refractivity contribution in [3.8, 4) is 6.07 Å². The predicted octanol–water partition coefficient (Wildman–Crippen LogP) is 6.28. The van der Waals surface area contributed by atoms with E-state index in [1.807, 2.05) is 12.1 Å². The molecule has 1 aliphatic carbocycles. The van der Waals surface area contributed by atoms with E-state index in [1.54, 1.807) is 6.07 Å². The van der Waals surface area contributed by atoms with Crippen molar-refractivity contribution in [3.05, 3.63) is 33.8 Å². The number of nitriles is 1. The van der Waals surface area contributed by atoms with Crippen molar-refractivity contribution in [3.63, 3.8) is 0 Å². The maximum absolute atomic E-state index is 9.73. The van der Waals surface area contributed by atoms with Crippen LogP contribution >= 0.6 is 23.2 Å². The monoisotopic (exact) mass is 323 g/mol. The highest BCUT2D eigenvalue weighted by atomic mass is 35.5. The van der Waals surface area contributed by atoms with Gasteiger partial charge in [0, 0.05) is 10.0 Å². The smallest absolute Gasteiger partial charge is 0.0693 e. The zero-order valence-electron chi connectivity index (χ0n) is 13.0. The molecule has 114 valence electrons. The van der Waals surface area contributed by atoms with E-state index in [0.717, 1.165) is 31.2 Å². The Hall–Kier alpha value is -0.710. The molecular formula is C18H23Cl2N. The third-order valence-corrected chi connectivity index (χ3v) is 5.55. The van der Waals surface area contributed by atoms with E-state index in [4.69, 9.17) is 23.2 Å². The highest BCUT2D eigenvalue weighted by Gasteiger charge is 2.39. The fraction of sp³-hybridized carbons (Fsp3) is 0.611. The minimum atomic E-state index is -0.282. The number of hydrogen-bond acceptors (Lipinski definition) is 1. The average Bonchev–Trinajstić information content (AvgIpc) is 2.42. The summed E-state index contributed by atoms with van der Waals surface area (Å²) in [4.78, 5) is 0. The molecular weight excluding hydrogens is 301 g/mol. The molecule has 0 radical (unpaired) electrons.